The molecule has 1 N–H and O–H groups in total. The monoisotopic (exact) mass is 385 g/mol. The zero-order chi connectivity index (χ0) is 16.1. The molecule has 0 fully saturated rings. The standard InChI is InChI=1S/C16H14BrClFNO2/c1-2-14(22-15-6-4-3-5-13(15)19)16(21)20-10-7-8-11(17)12(18)9-10/h3-9,14H,2H2,1H3,(H,20,21)/t14-/m0/s1. The molecule has 0 saturated heterocycles. The Morgan fingerprint density at radius 3 is 2.73 bits per heavy atom. The third-order valence-corrected chi connectivity index (χ3v) is 4.19. The van der Waals surface area contributed by atoms with E-state index in [1.807, 2.05) is 0 Å². The fraction of sp³-hybridized carbons (Fsp3) is 0.188. The van der Waals surface area contributed by atoms with Gasteiger partial charge in [-0.3, -0.25) is 4.79 Å². The highest BCUT2D eigenvalue weighted by Gasteiger charge is 2.20. The molecule has 1 atom stereocenters. The van der Waals surface area contributed by atoms with Crippen molar-refractivity contribution in [2.24, 2.45) is 0 Å². The molecule has 0 radical (unpaired) electrons. The predicted molar refractivity (Wildman–Crippen MR) is 88.9 cm³/mol. The average molecular weight is 387 g/mol. The van der Waals surface area contributed by atoms with Gasteiger partial charge in [-0.2, -0.15) is 0 Å². The Kier molecular flexibility index (Phi) is 5.80. The van der Waals surface area contributed by atoms with Crippen molar-refractivity contribution in [1.82, 2.24) is 0 Å². The lowest BCUT2D eigenvalue weighted by atomic mass is 10.2. The van der Waals surface area contributed by atoms with Gasteiger partial charge in [-0.25, -0.2) is 4.39 Å². The molecule has 2 aromatic rings. The SMILES string of the molecule is CC[C@H](Oc1ccccc1F)C(=O)Nc1ccc(Br)c(Cl)c1. The largest absolute Gasteiger partial charge is 0.478 e. The fourth-order valence-electron chi connectivity index (χ4n) is 1.81. The third kappa shape index (κ3) is 4.21. The highest BCUT2D eigenvalue weighted by atomic mass is 79.9. The van der Waals surface area contributed by atoms with Gasteiger partial charge >= 0.3 is 0 Å². The van der Waals surface area contributed by atoms with Crippen LogP contribution in [0.1, 0.15) is 13.3 Å². The second-order valence-corrected chi connectivity index (χ2v) is 5.82. The van der Waals surface area contributed by atoms with Gasteiger partial charge < -0.3 is 10.1 Å². The summed E-state index contributed by atoms with van der Waals surface area (Å²) in [5, 5.41) is 3.20. The van der Waals surface area contributed by atoms with Gasteiger partial charge in [0, 0.05) is 10.2 Å². The van der Waals surface area contributed by atoms with Crippen molar-refractivity contribution < 1.29 is 13.9 Å². The van der Waals surface area contributed by atoms with Crippen LogP contribution in [0.25, 0.3) is 0 Å². The van der Waals surface area contributed by atoms with Crippen LogP contribution in [0.4, 0.5) is 10.1 Å². The quantitative estimate of drug-likeness (QED) is 0.782. The number of rotatable bonds is 5. The number of hydrogen-bond acceptors (Lipinski definition) is 2. The van der Waals surface area contributed by atoms with E-state index in [1.165, 1.54) is 12.1 Å². The molecule has 3 nitrogen and oxygen atoms in total. The lowest BCUT2D eigenvalue weighted by molar-refractivity contribution is -0.122. The van der Waals surface area contributed by atoms with Gasteiger partial charge in [-0.15, -0.1) is 0 Å². The van der Waals surface area contributed by atoms with E-state index in [9.17, 15) is 9.18 Å². The van der Waals surface area contributed by atoms with Crippen molar-refractivity contribution in [2.45, 2.75) is 19.4 Å². The molecule has 0 spiro atoms. The van der Waals surface area contributed by atoms with E-state index in [0.29, 0.717) is 17.1 Å². The molecule has 0 saturated carbocycles. The number of hydrogen-bond donors (Lipinski definition) is 1. The third-order valence-electron chi connectivity index (χ3n) is 2.96. The van der Waals surface area contributed by atoms with E-state index in [4.69, 9.17) is 16.3 Å². The zero-order valence-electron chi connectivity index (χ0n) is 11.8. The highest BCUT2D eigenvalue weighted by molar-refractivity contribution is 9.10. The summed E-state index contributed by atoms with van der Waals surface area (Å²) >= 11 is 9.26. The number of carbonyl (C=O) groups is 1. The van der Waals surface area contributed by atoms with Gasteiger partial charge in [0.25, 0.3) is 5.91 Å². The summed E-state index contributed by atoms with van der Waals surface area (Å²) in [6, 6.07) is 11.1. The van der Waals surface area contributed by atoms with Gasteiger partial charge in [-0.05, 0) is 52.7 Å². The maximum absolute atomic E-state index is 13.6. The number of amides is 1. The molecule has 0 unspecified atom stereocenters. The van der Waals surface area contributed by atoms with Crippen LogP contribution in [-0.2, 0) is 4.79 Å². The van der Waals surface area contributed by atoms with Crippen LogP contribution >= 0.6 is 27.5 Å². The van der Waals surface area contributed by atoms with E-state index < -0.39 is 11.9 Å². The maximum atomic E-state index is 13.6. The minimum Gasteiger partial charge on any atom is -0.478 e. The number of halogens is 3. The summed E-state index contributed by atoms with van der Waals surface area (Å²) in [6.45, 7) is 1.79. The van der Waals surface area contributed by atoms with Crippen LogP contribution < -0.4 is 10.1 Å². The Balaban J connectivity index is 2.08. The van der Waals surface area contributed by atoms with Gasteiger partial charge in [0.1, 0.15) is 0 Å². The summed E-state index contributed by atoms with van der Waals surface area (Å²) < 4.78 is 19.8. The zero-order valence-corrected chi connectivity index (χ0v) is 14.1. The first kappa shape index (κ1) is 16.8. The molecule has 0 aromatic heterocycles. The summed E-state index contributed by atoms with van der Waals surface area (Å²) in [7, 11) is 0. The fourth-order valence-corrected chi connectivity index (χ4v) is 2.24. The average Bonchev–Trinajstić information content (AvgIpc) is 2.50. The number of anilines is 1. The number of para-hydroxylation sites is 1. The van der Waals surface area contributed by atoms with Crippen LogP contribution in [0.3, 0.4) is 0 Å². The van der Waals surface area contributed by atoms with E-state index in [1.54, 1.807) is 37.3 Å². The molecule has 6 heteroatoms. The molecule has 116 valence electrons. The Bertz CT molecular complexity index is 681. The second kappa shape index (κ2) is 7.61. The summed E-state index contributed by atoms with van der Waals surface area (Å²) in [6.07, 6.45) is -0.385. The Morgan fingerprint density at radius 1 is 1.36 bits per heavy atom. The molecule has 0 heterocycles. The molecular formula is C16H14BrClFNO2. The molecule has 0 aliphatic rings. The second-order valence-electron chi connectivity index (χ2n) is 4.56. The lowest BCUT2D eigenvalue weighted by Gasteiger charge is -2.17. The molecule has 2 aromatic carbocycles. The van der Waals surface area contributed by atoms with Crippen molar-refractivity contribution in [3.63, 3.8) is 0 Å². The summed E-state index contributed by atoms with van der Waals surface area (Å²) in [4.78, 5) is 12.2. The minimum atomic E-state index is -0.792. The van der Waals surface area contributed by atoms with Crippen LogP contribution in [0.15, 0.2) is 46.9 Å². The minimum absolute atomic E-state index is 0.0540. The smallest absolute Gasteiger partial charge is 0.265 e. The Labute approximate surface area is 141 Å². The van der Waals surface area contributed by atoms with E-state index >= 15 is 0 Å². The molecule has 1 amide bonds. The molecule has 22 heavy (non-hydrogen) atoms. The van der Waals surface area contributed by atoms with Crippen molar-refractivity contribution in [3.8, 4) is 5.75 Å². The van der Waals surface area contributed by atoms with Crippen LogP contribution in [0.2, 0.25) is 5.02 Å². The van der Waals surface area contributed by atoms with E-state index in [0.717, 1.165) is 4.47 Å². The molecule has 0 aliphatic heterocycles. The number of benzene rings is 2. The van der Waals surface area contributed by atoms with Crippen molar-refractivity contribution in [3.05, 3.63) is 57.8 Å². The van der Waals surface area contributed by atoms with Gasteiger partial charge in [0.15, 0.2) is 17.7 Å². The first-order chi connectivity index (χ1) is 10.5. The Hall–Kier alpha value is -1.59. The predicted octanol–water partition coefficient (Wildman–Crippen LogP) is 5.04. The number of nitrogens with one attached hydrogen (secondary N) is 1. The Morgan fingerprint density at radius 2 is 2.09 bits per heavy atom. The van der Waals surface area contributed by atoms with E-state index in [-0.39, 0.29) is 11.7 Å². The summed E-state index contributed by atoms with van der Waals surface area (Å²) in [5.41, 5.74) is 0.550. The first-order valence-electron chi connectivity index (χ1n) is 6.68. The van der Waals surface area contributed by atoms with E-state index in [2.05, 4.69) is 21.2 Å². The molecule has 2 rings (SSSR count). The van der Waals surface area contributed by atoms with Crippen LogP contribution in [-0.4, -0.2) is 12.0 Å². The highest BCUT2D eigenvalue weighted by Crippen LogP contribution is 2.26. The van der Waals surface area contributed by atoms with Crippen LogP contribution in [0.5, 0.6) is 5.75 Å². The lowest BCUT2D eigenvalue weighted by Crippen LogP contribution is -2.32. The first-order valence-corrected chi connectivity index (χ1v) is 7.85. The normalized spacial score (nSPS) is 11.8. The molecular weight excluding hydrogens is 373 g/mol. The van der Waals surface area contributed by atoms with Gasteiger partial charge in [0.2, 0.25) is 0 Å². The maximum Gasteiger partial charge on any atom is 0.265 e. The topological polar surface area (TPSA) is 38.3 Å². The molecule has 0 aliphatic carbocycles. The van der Waals surface area contributed by atoms with Crippen molar-refractivity contribution >= 4 is 39.1 Å². The van der Waals surface area contributed by atoms with Crippen molar-refractivity contribution in [1.29, 1.82) is 0 Å². The van der Waals surface area contributed by atoms with Crippen molar-refractivity contribution in [2.75, 3.05) is 5.32 Å². The number of carbonyl (C=O) groups excluding carboxylic acids is 1. The van der Waals surface area contributed by atoms with Gasteiger partial charge in [0.05, 0.1) is 5.02 Å². The van der Waals surface area contributed by atoms with Gasteiger partial charge in [-0.1, -0.05) is 30.7 Å². The van der Waals surface area contributed by atoms with Crippen LogP contribution in [0, 0.1) is 5.82 Å². The summed E-state index contributed by atoms with van der Waals surface area (Å²) in [5.74, 6) is -0.803. The number of ether oxygens (including phenoxy) is 1. The molecule has 0 bridgehead atoms.